The van der Waals surface area contributed by atoms with E-state index in [1.807, 2.05) is 48.5 Å². The molecule has 0 saturated heterocycles. The zero-order valence-electron chi connectivity index (χ0n) is 13.1. The number of carbonyl (C=O) groups is 2. The zero-order chi connectivity index (χ0) is 16.7. The van der Waals surface area contributed by atoms with Gasteiger partial charge in [-0.3, -0.25) is 14.5 Å². The van der Waals surface area contributed by atoms with Crippen molar-refractivity contribution < 1.29 is 9.59 Å². The van der Waals surface area contributed by atoms with Crippen LogP contribution in [0.15, 0.2) is 63.4 Å². The van der Waals surface area contributed by atoms with Crippen molar-refractivity contribution in [1.82, 2.24) is 5.01 Å². The first-order valence-electron chi connectivity index (χ1n) is 7.67. The Balaban J connectivity index is 1.72. The molecule has 0 unspecified atom stereocenters. The normalized spacial score (nSPS) is 15.9. The molecule has 0 radical (unpaired) electrons. The van der Waals surface area contributed by atoms with Crippen molar-refractivity contribution in [2.75, 3.05) is 11.4 Å². The van der Waals surface area contributed by atoms with Gasteiger partial charge in [0, 0.05) is 15.5 Å². The maximum absolute atomic E-state index is 13.0. The second kappa shape index (κ2) is 5.79. The third-order valence-corrected chi connectivity index (χ3v) is 5.08. The molecule has 2 aliphatic heterocycles. The van der Waals surface area contributed by atoms with Crippen molar-refractivity contribution in [1.29, 1.82) is 0 Å². The molecule has 5 nitrogen and oxygen atoms in total. The minimum atomic E-state index is -0.165. The number of benzene rings is 2. The topological polar surface area (TPSA) is 53.0 Å². The molecule has 0 fully saturated rings. The van der Waals surface area contributed by atoms with Gasteiger partial charge in [-0.2, -0.15) is 5.10 Å². The SMILES string of the molecule is CC1=NN(CC(=O)N2c3ccccc3Sc3ccccc32)C(=O)C1. The first-order valence-corrected chi connectivity index (χ1v) is 8.48. The Morgan fingerprint density at radius 1 is 1.08 bits per heavy atom. The quantitative estimate of drug-likeness (QED) is 0.844. The van der Waals surface area contributed by atoms with Gasteiger partial charge in [0.15, 0.2) is 0 Å². The average molecular weight is 337 g/mol. The fraction of sp³-hybridized carbons (Fsp3) is 0.167. The lowest BCUT2D eigenvalue weighted by Crippen LogP contribution is -2.38. The summed E-state index contributed by atoms with van der Waals surface area (Å²) >= 11 is 1.65. The van der Waals surface area contributed by atoms with E-state index < -0.39 is 0 Å². The van der Waals surface area contributed by atoms with Crippen molar-refractivity contribution in [3.63, 3.8) is 0 Å². The van der Waals surface area contributed by atoms with Gasteiger partial charge in [-0.1, -0.05) is 36.0 Å². The van der Waals surface area contributed by atoms with Crippen molar-refractivity contribution in [3.05, 3.63) is 48.5 Å². The van der Waals surface area contributed by atoms with Crippen LogP contribution in [0, 0.1) is 0 Å². The van der Waals surface area contributed by atoms with Crippen LogP contribution in [-0.2, 0) is 9.59 Å². The average Bonchev–Trinajstić information content (AvgIpc) is 2.89. The van der Waals surface area contributed by atoms with Crippen molar-refractivity contribution >= 4 is 40.7 Å². The predicted molar refractivity (Wildman–Crippen MR) is 93.6 cm³/mol. The summed E-state index contributed by atoms with van der Waals surface area (Å²) in [6.45, 7) is 1.74. The Labute approximate surface area is 143 Å². The molecule has 2 heterocycles. The summed E-state index contributed by atoms with van der Waals surface area (Å²) in [7, 11) is 0. The molecule has 0 aliphatic carbocycles. The molecule has 2 aliphatic rings. The van der Waals surface area contributed by atoms with Gasteiger partial charge < -0.3 is 0 Å². The molecule has 120 valence electrons. The van der Waals surface area contributed by atoms with Crippen LogP contribution in [0.1, 0.15) is 13.3 Å². The molecule has 2 amide bonds. The monoisotopic (exact) mass is 337 g/mol. The van der Waals surface area contributed by atoms with Gasteiger partial charge in [-0.05, 0) is 31.2 Å². The number of fused-ring (bicyclic) bond motifs is 2. The molecule has 0 N–H and O–H groups in total. The molecule has 2 aromatic rings. The number of amides is 2. The lowest BCUT2D eigenvalue weighted by atomic mass is 10.2. The summed E-state index contributed by atoms with van der Waals surface area (Å²) in [6.07, 6.45) is 0.288. The number of nitrogens with zero attached hydrogens (tertiary/aromatic N) is 3. The number of carbonyl (C=O) groups excluding carboxylic acids is 2. The minimum Gasteiger partial charge on any atom is -0.277 e. The molecule has 0 bridgehead atoms. The fourth-order valence-electron chi connectivity index (χ4n) is 2.90. The van der Waals surface area contributed by atoms with Gasteiger partial charge in [-0.15, -0.1) is 0 Å². The second-order valence-corrected chi connectivity index (χ2v) is 6.81. The van der Waals surface area contributed by atoms with E-state index in [9.17, 15) is 9.59 Å². The Morgan fingerprint density at radius 3 is 2.21 bits per heavy atom. The van der Waals surface area contributed by atoms with Gasteiger partial charge in [0.2, 0.25) is 5.91 Å². The van der Waals surface area contributed by atoms with Gasteiger partial charge >= 0.3 is 0 Å². The zero-order valence-corrected chi connectivity index (χ0v) is 13.9. The van der Waals surface area contributed by atoms with Crippen LogP contribution in [0.2, 0.25) is 0 Å². The van der Waals surface area contributed by atoms with E-state index in [4.69, 9.17) is 0 Å². The number of rotatable bonds is 2. The molecule has 4 rings (SSSR count). The lowest BCUT2D eigenvalue weighted by Gasteiger charge is -2.31. The van der Waals surface area contributed by atoms with E-state index in [0.717, 1.165) is 26.9 Å². The maximum Gasteiger partial charge on any atom is 0.253 e. The van der Waals surface area contributed by atoms with Crippen LogP contribution in [0.3, 0.4) is 0 Å². The van der Waals surface area contributed by atoms with Gasteiger partial charge in [0.05, 0.1) is 17.8 Å². The van der Waals surface area contributed by atoms with E-state index in [-0.39, 0.29) is 24.8 Å². The Hall–Kier alpha value is -2.60. The summed E-state index contributed by atoms with van der Waals surface area (Å²) < 4.78 is 0. The molecular formula is C18H15N3O2S. The minimum absolute atomic E-state index is 0.0521. The van der Waals surface area contributed by atoms with E-state index in [0.29, 0.717) is 0 Å². The van der Waals surface area contributed by atoms with Crippen LogP contribution in [0.25, 0.3) is 0 Å². The summed E-state index contributed by atoms with van der Waals surface area (Å²) in [5.41, 5.74) is 2.43. The van der Waals surface area contributed by atoms with Gasteiger partial charge in [0.1, 0.15) is 6.54 Å². The second-order valence-electron chi connectivity index (χ2n) is 5.73. The summed E-state index contributed by atoms with van der Waals surface area (Å²) in [6, 6.07) is 15.6. The van der Waals surface area contributed by atoms with Crippen LogP contribution in [0.5, 0.6) is 0 Å². The standard InChI is InChI=1S/C18H15N3O2S/c1-12-10-17(22)20(19-12)11-18(23)21-13-6-2-4-8-15(13)24-16-9-5-3-7-14(16)21/h2-9H,10-11H2,1H3. The number of hydrogen-bond acceptors (Lipinski definition) is 4. The van der Waals surface area contributed by atoms with E-state index in [1.165, 1.54) is 5.01 Å². The summed E-state index contributed by atoms with van der Waals surface area (Å²) in [4.78, 5) is 28.7. The molecule has 0 spiro atoms. The predicted octanol–water partition coefficient (Wildman–Crippen LogP) is 3.42. The lowest BCUT2D eigenvalue weighted by molar-refractivity contribution is -0.132. The Morgan fingerprint density at radius 2 is 1.67 bits per heavy atom. The summed E-state index contributed by atoms with van der Waals surface area (Å²) in [5.74, 6) is -0.296. The molecule has 0 aromatic heterocycles. The summed E-state index contributed by atoms with van der Waals surface area (Å²) in [5, 5.41) is 5.43. The molecule has 0 atom stereocenters. The van der Waals surface area contributed by atoms with Crippen LogP contribution < -0.4 is 4.90 Å². The van der Waals surface area contributed by atoms with Gasteiger partial charge in [0.25, 0.3) is 5.91 Å². The van der Waals surface area contributed by atoms with Crippen molar-refractivity contribution in [3.8, 4) is 0 Å². The third kappa shape index (κ3) is 2.49. The van der Waals surface area contributed by atoms with E-state index in [2.05, 4.69) is 5.10 Å². The fourth-order valence-corrected chi connectivity index (χ4v) is 3.96. The molecule has 24 heavy (non-hydrogen) atoms. The van der Waals surface area contributed by atoms with Crippen molar-refractivity contribution in [2.45, 2.75) is 23.1 Å². The number of hydrazone groups is 1. The van der Waals surface area contributed by atoms with Gasteiger partial charge in [-0.25, -0.2) is 5.01 Å². The van der Waals surface area contributed by atoms with E-state index in [1.54, 1.807) is 23.6 Å². The van der Waals surface area contributed by atoms with E-state index >= 15 is 0 Å². The first-order chi connectivity index (χ1) is 11.6. The highest BCUT2D eigenvalue weighted by atomic mass is 32.2. The molecule has 0 saturated carbocycles. The Bertz CT molecular complexity index is 833. The highest BCUT2D eigenvalue weighted by Gasteiger charge is 2.31. The number of para-hydroxylation sites is 2. The molecular weight excluding hydrogens is 322 g/mol. The van der Waals surface area contributed by atoms with Crippen LogP contribution in [-0.4, -0.2) is 29.1 Å². The first kappa shape index (κ1) is 15.0. The highest BCUT2D eigenvalue weighted by molar-refractivity contribution is 7.99. The third-order valence-electron chi connectivity index (χ3n) is 3.95. The highest BCUT2D eigenvalue weighted by Crippen LogP contribution is 2.47. The Kier molecular flexibility index (Phi) is 3.61. The largest absolute Gasteiger partial charge is 0.277 e. The maximum atomic E-state index is 13.0. The molecule has 6 heteroatoms. The smallest absolute Gasteiger partial charge is 0.253 e. The van der Waals surface area contributed by atoms with Crippen molar-refractivity contribution in [2.24, 2.45) is 5.10 Å². The van der Waals surface area contributed by atoms with Crippen LogP contribution >= 0.6 is 11.8 Å². The number of anilines is 2. The number of hydrogen-bond donors (Lipinski definition) is 0. The van der Waals surface area contributed by atoms with Crippen LogP contribution in [0.4, 0.5) is 11.4 Å². The molecule has 2 aromatic carbocycles.